The second-order valence-corrected chi connectivity index (χ2v) is 4.96. The lowest BCUT2D eigenvalue weighted by molar-refractivity contribution is -0.137. The molecule has 2 heterocycles. The fraction of sp³-hybridized carbons (Fsp3) is 0.154. The predicted octanol–water partition coefficient (Wildman–Crippen LogP) is 3.13. The van der Waals surface area contributed by atoms with Crippen LogP contribution in [0, 0.1) is 0 Å². The minimum atomic E-state index is -4.36. The fourth-order valence-electron chi connectivity index (χ4n) is 2.02. The van der Waals surface area contributed by atoms with Crippen LogP contribution in [0.25, 0.3) is 11.0 Å². The Balaban J connectivity index is 1.93. The van der Waals surface area contributed by atoms with E-state index in [1.807, 2.05) is 0 Å². The molecule has 5 nitrogen and oxygen atoms in total. The molecule has 0 unspecified atom stereocenters. The van der Waals surface area contributed by atoms with Crippen LogP contribution in [0.2, 0.25) is 5.15 Å². The zero-order valence-corrected chi connectivity index (χ0v) is 11.7. The van der Waals surface area contributed by atoms with Crippen molar-refractivity contribution in [3.8, 4) is 0 Å². The molecule has 0 amide bonds. The Morgan fingerprint density at radius 1 is 1.14 bits per heavy atom. The average Bonchev–Trinajstić information content (AvgIpc) is 2.82. The second kappa shape index (κ2) is 5.13. The summed E-state index contributed by atoms with van der Waals surface area (Å²) in [6.07, 6.45) is -2.87. The topological polar surface area (TPSA) is 69.6 Å². The smallest absolute Gasteiger partial charge is 0.368 e. The largest absolute Gasteiger partial charge is 0.416 e. The van der Waals surface area contributed by atoms with E-state index in [0.29, 0.717) is 16.6 Å². The molecule has 0 atom stereocenters. The minimum absolute atomic E-state index is 0.00618. The number of benzene rings is 1. The maximum atomic E-state index is 12.5. The molecule has 0 fully saturated rings. The molecular formula is C13H9ClF3N5. The van der Waals surface area contributed by atoms with Gasteiger partial charge in [-0.3, -0.25) is 0 Å². The average molecular weight is 328 g/mol. The molecule has 0 aliphatic heterocycles. The van der Waals surface area contributed by atoms with Gasteiger partial charge in [-0.05, 0) is 17.7 Å². The van der Waals surface area contributed by atoms with Gasteiger partial charge in [0, 0.05) is 0 Å². The zero-order valence-electron chi connectivity index (χ0n) is 11.0. The van der Waals surface area contributed by atoms with Crippen molar-refractivity contribution in [3.05, 3.63) is 46.7 Å². The molecule has 0 aliphatic carbocycles. The van der Waals surface area contributed by atoms with Crippen LogP contribution in [0.1, 0.15) is 11.1 Å². The standard InChI is InChI=1S/C13H9ClF3N5/c14-10-9-5-19-22(11(9)21-12(18)20-10)6-7-1-3-8(4-2-7)13(15,16)17/h1-5H,6H2,(H2,18,20,21). The molecule has 0 radical (unpaired) electrons. The van der Waals surface area contributed by atoms with E-state index in [9.17, 15) is 13.2 Å². The SMILES string of the molecule is Nc1nc(Cl)c2cnn(Cc3ccc(C(F)(F)F)cc3)c2n1. The van der Waals surface area contributed by atoms with Crippen molar-refractivity contribution in [1.29, 1.82) is 0 Å². The third-order valence-corrected chi connectivity index (χ3v) is 3.37. The van der Waals surface area contributed by atoms with E-state index in [4.69, 9.17) is 17.3 Å². The summed E-state index contributed by atoms with van der Waals surface area (Å²) in [6, 6.07) is 4.83. The first kappa shape index (κ1) is 14.6. The number of anilines is 1. The zero-order chi connectivity index (χ0) is 15.9. The van der Waals surface area contributed by atoms with Gasteiger partial charge in [-0.1, -0.05) is 23.7 Å². The highest BCUT2D eigenvalue weighted by Crippen LogP contribution is 2.29. The molecule has 114 valence electrons. The van der Waals surface area contributed by atoms with E-state index in [0.717, 1.165) is 12.1 Å². The van der Waals surface area contributed by atoms with E-state index in [-0.39, 0.29) is 17.6 Å². The number of hydrogen-bond acceptors (Lipinski definition) is 4. The first-order chi connectivity index (χ1) is 10.3. The van der Waals surface area contributed by atoms with Gasteiger partial charge in [-0.2, -0.15) is 23.3 Å². The minimum Gasteiger partial charge on any atom is -0.368 e. The van der Waals surface area contributed by atoms with Crippen LogP contribution in [0.5, 0.6) is 0 Å². The number of nitrogens with two attached hydrogens (primary N) is 1. The Bertz CT molecular complexity index is 826. The van der Waals surface area contributed by atoms with Crippen molar-refractivity contribution in [2.75, 3.05) is 5.73 Å². The Kier molecular flexibility index (Phi) is 3.40. The van der Waals surface area contributed by atoms with Crippen molar-refractivity contribution in [2.45, 2.75) is 12.7 Å². The first-order valence-corrected chi connectivity index (χ1v) is 6.53. The monoisotopic (exact) mass is 327 g/mol. The van der Waals surface area contributed by atoms with Crippen LogP contribution in [-0.4, -0.2) is 19.7 Å². The summed E-state index contributed by atoms with van der Waals surface area (Å²) >= 11 is 5.94. The number of fused-ring (bicyclic) bond motifs is 1. The van der Waals surface area contributed by atoms with Gasteiger partial charge in [0.15, 0.2) is 5.65 Å². The highest BCUT2D eigenvalue weighted by atomic mass is 35.5. The molecule has 22 heavy (non-hydrogen) atoms. The van der Waals surface area contributed by atoms with E-state index >= 15 is 0 Å². The van der Waals surface area contributed by atoms with Gasteiger partial charge in [-0.15, -0.1) is 0 Å². The number of rotatable bonds is 2. The van der Waals surface area contributed by atoms with Gasteiger partial charge >= 0.3 is 6.18 Å². The van der Waals surface area contributed by atoms with E-state index < -0.39 is 11.7 Å². The van der Waals surface area contributed by atoms with Gasteiger partial charge in [0.05, 0.1) is 23.7 Å². The van der Waals surface area contributed by atoms with Crippen molar-refractivity contribution in [3.63, 3.8) is 0 Å². The van der Waals surface area contributed by atoms with Gasteiger partial charge < -0.3 is 5.73 Å². The normalized spacial score (nSPS) is 12.0. The lowest BCUT2D eigenvalue weighted by atomic mass is 10.1. The molecule has 0 saturated heterocycles. The molecule has 1 aromatic carbocycles. The summed E-state index contributed by atoms with van der Waals surface area (Å²) in [5.41, 5.74) is 5.92. The number of halogens is 4. The molecule has 2 N–H and O–H groups in total. The van der Waals surface area contributed by atoms with Gasteiger partial charge in [0.1, 0.15) is 5.15 Å². The third-order valence-electron chi connectivity index (χ3n) is 3.08. The maximum absolute atomic E-state index is 12.5. The maximum Gasteiger partial charge on any atom is 0.416 e. The third kappa shape index (κ3) is 2.69. The fourth-order valence-corrected chi connectivity index (χ4v) is 2.24. The molecule has 9 heteroatoms. The predicted molar refractivity (Wildman–Crippen MR) is 75.3 cm³/mol. The highest BCUT2D eigenvalue weighted by Gasteiger charge is 2.29. The summed E-state index contributed by atoms with van der Waals surface area (Å²) in [7, 11) is 0. The molecule has 0 bridgehead atoms. The first-order valence-electron chi connectivity index (χ1n) is 6.15. The van der Waals surface area contributed by atoms with Crippen LogP contribution in [0.15, 0.2) is 30.5 Å². The van der Waals surface area contributed by atoms with Crippen LogP contribution < -0.4 is 5.73 Å². The van der Waals surface area contributed by atoms with Crippen molar-refractivity contribution >= 4 is 28.6 Å². The molecule has 0 saturated carbocycles. The highest BCUT2D eigenvalue weighted by molar-refractivity contribution is 6.34. The van der Waals surface area contributed by atoms with Crippen molar-refractivity contribution < 1.29 is 13.2 Å². The summed E-state index contributed by atoms with van der Waals surface area (Å²) < 4.78 is 39.1. The van der Waals surface area contributed by atoms with Crippen LogP contribution in [-0.2, 0) is 12.7 Å². The Morgan fingerprint density at radius 2 is 1.82 bits per heavy atom. The molecule has 3 aromatic rings. The number of hydrogen-bond donors (Lipinski definition) is 1. The molecular weight excluding hydrogens is 319 g/mol. The van der Waals surface area contributed by atoms with Crippen LogP contribution in [0.4, 0.5) is 19.1 Å². The number of aromatic nitrogens is 4. The summed E-state index contributed by atoms with van der Waals surface area (Å²) in [5, 5.41) is 4.83. The molecule has 3 rings (SSSR count). The van der Waals surface area contributed by atoms with Crippen molar-refractivity contribution in [1.82, 2.24) is 19.7 Å². The summed E-state index contributed by atoms with van der Waals surface area (Å²) in [5.74, 6) is 0.00618. The van der Waals surface area contributed by atoms with Gasteiger partial charge in [0.2, 0.25) is 5.95 Å². The molecule has 2 aromatic heterocycles. The second-order valence-electron chi connectivity index (χ2n) is 4.61. The lowest BCUT2D eigenvalue weighted by Gasteiger charge is -2.08. The Hall–Kier alpha value is -2.35. The van der Waals surface area contributed by atoms with E-state index in [2.05, 4.69) is 15.1 Å². The van der Waals surface area contributed by atoms with Crippen LogP contribution in [0.3, 0.4) is 0 Å². The van der Waals surface area contributed by atoms with Crippen molar-refractivity contribution in [2.24, 2.45) is 0 Å². The number of nitrogens with zero attached hydrogens (tertiary/aromatic N) is 4. The number of nitrogen functional groups attached to an aromatic ring is 1. The Morgan fingerprint density at radius 3 is 2.45 bits per heavy atom. The molecule has 0 aliphatic rings. The van der Waals surface area contributed by atoms with E-state index in [1.54, 1.807) is 0 Å². The van der Waals surface area contributed by atoms with Gasteiger partial charge in [-0.25, -0.2) is 9.67 Å². The number of alkyl halides is 3. The molecule has 0 spiro atoms. The Labute approximate surface area is 127 Å². The van der Waals surface area contributed by atoms with E-state index in [1.165, 1.54) is 23.0 Å². The summed E-state index contributed by atoms with van der Waals surface area (Å²) in [6.45, 7) is 0.244. The quantitative estimate of drug-likeness (QED) is 0.734. The van der Waals surface area contributed by atoms with Crippen LogP contribution >= 0.6 is 11.6 Å². The van der Waals surface area contributed by atoms with Gasteiger partial charge in [0.25, 0.3) is 0 Å². The summed E-state index contributed by atoms with van der Waals surface area (Å²) in [4.78, 5) is 7.87. The lowest BCUT2D eigenvalue weighted by Crippen LogP contribution is -2.07.